The van der Waals surface area contributed by atoms with Gasteiger partial charge in [0.1, 0.15) is 5.60 Å². The SMILES string of the molecule is CCCC(C)n1nnc(C(=O)OC(C)(C)C)c1C. The van der Waals surface area contributed by atoms with Crippen molar-refractivity contribution < 1.29 is 9.53 Å². The van der Waals surface area contributed by atoms with Gasteiger partial charge in [-0.3, -0.25) is 0 Å². The third kappa shape index (κ3) is 3.55. The fraction of sp³-hybridized carbons (Fsp3) is 0.769. The van der Waals surface area contributed by atoms with Gasteiger partial charge < -0.3 is 4.74 Å². The fourth-order valence-electron chi connectivity index (χ4n) is 1.81. The molecule has 0 fully saturated rings. The van der Waals surface area contributed by atoms with Crippen molar-refractivity contribution >= 4 is 5.97 Å². The first kappa shape index (κ1) is 14.7. The highest BCUT2D eigenvalue weighted by Crippen LogP contribution is 2.18. The number of hydrogen-bond acceptors (Lipinski definition) is 4. The summed E-state index contributed by atoms with van der Waals surface area (Å²) in [5.74, 6) is -0.407. The Balaban J connectivity index is 2.90. The first-order valence-electron chi connectivity index (χ1n) is 6.41. The zero-order chi connectivity index (χ0) is 13.9. The van der Waals surface area contributed by atoms with Gasteiger partial charge >= 0.3 is 5.97 Å². The summed E-state index contributed by atoms with van der Waals surface area (Å²) in [4.78, 5) is 11.9. The number of carbonyl (C=O) groups is 1. The van der Waals surface area contributed by atoms with E-state index in [1.54, 1.807) is 4.68 Å². The molecule has 0 amide bonds. The highest BCUT2D eigenvalue weighted by Gasteiger charge is 2.24. The van der Waals surface area contributed by atoms with Crippen LogP contribution in [0.15, 0.2) is 0 Å². The molecule has 1 atom stereocenters. The van der Waals surface area contributed by atoms with Crippen LogP contribution in [0.5, 0.6) is 0 Å². The van der Waals surface area contributed by atoms with E-state index in [2.05, 4.69) is 24.2 Å². The molecule has 0 saturated carbocycles. The van der Waals surface area contributed by atoms with Gasteiger partial charge in [0.05, 0.1) is 11.7 Å². The molecule has 1 heterocycles. The van der Waals surface area contributed by atoms with Crippen LogP contribution in [0.1, 0.15) is 69.7 Å². The molecule has 18 heavy (non-hydrogen) atoms. The van der Waals surface area contributed by atoms with Gasteiger partial charge in [0.25, 0.3) is 0 Å². The minimum Gasteiger partial charge on any atom is -0.455 e. The smallest absolute Gasteiger partial charge is 0.361 e. The third-order valence-corrected chi connectivity index (χ3v) is 2.64. The van der Waals surface area contributed by atoms with Crippen LogP contribution in [0.4, 0.5) is 0 Å². The van der Waals surface area contributed by atoms with Gasteiger partial charge in [-0.2, -0.15) is 0 Å². The molecule has 0 aliphatic rings. The minimum atomic E-state index is -0.512. The van der Waals surface area contributed by atoms with Crippen LogP contribution in [-0.4, -0.2) is 26.6 Å². The van der Waals surface area contributed by atoms with E-state index in [0.717, 1.165) is 18.5 Å². The van der Waals surface area contributed by atoms with Gasteiger partial charge in [-0.15, -0.1) is 5.10 Å². The largest absolute Gasteiger partial charge is 0.455 e. The molecule has 0 N–H and O–H groups in total. The first-order valence-corrected chi connectivity index (χ1v) is 6.41. The Labute approximate surface area is 109 Å². The second kappa shape index (κ2) is 5.50. The number of esters is 1. The summed E-state index contributed by atoms with van der Waals surface area (Å²) < 4.78 is 7.10. The summed E-state index contributed by atoms with van der Waals surface area (Å²) in [6.45, 7) is 11.6. The Kier molecular flexibility index (Phi) is 4.48. The molecule has 1 rings (SSSR count). The molecule has 0 bridgehead atoms. The van der Waals surface area contributed by atoms with Gasteiger partial charge in [-0.1, -0.05) is 18.6 Å². The molecule has 102 valence electrons. The molecule has 0 saturated heterocycles. The molecule has 0 aliphatic carbocycles. The number of hydrogen-bond donors (Lipinski definition) is 0. The zero-order valence-corrected chi connectivity index (χ0v) is 12.1. The molecule has 0 radical (unpaired) electrons. The summed E-state index contributed by atoms with van der Waals surface area (Å²) in [7, 11) is 0. The van der Waals surface area contributed by atoms with Crippen molar-refractivity contribution in [2.75, 3.05) is 0 Å². The molecule has 5 heteroatoms. The quantitative estimate of drug-likeness (QED) is 0.774. The van der Waals surface area contributed by atoms with E-state index in [0.29, 0.717) is 5.69 Å². The van der Waals surface area contributed by atoms with Crippen molar-refractivity contribution in [3.8, 4) is 0 Å². The molecule has 1 aromatic heterocycles. The number of nitrogens with zero attached hydrogens (tertiary/aromatic N) is 3. The highest BCUT2D eigenvalue weighted by molar-refractivity contribution is 5.88. The van der Waals surface area contributed by atoms with E-state index >= 15 is 0 Å². The summed E-state index contributed by atoms with van der Waals surface area (Å²) in [5, 5.41) is 7.99. The van der Waals surface area contributed by atoms with Crippen molar-refractivity contribution in [1.29, 1.82) is 0 Å². The maximum absolute atomic E-state index is 11.9. The monoisotopic (exact) mass is 253 g/mol. The van der Waals surface area contributed by atoms with Crippen LogP contribution in [0, 0.1) is 6.92 Å². The van der Waals surface area contributed by atoms with Crippen LogP contribution in [-0.2, 0) is 4.74 Å². The first-order chi connectivity index (χ1) is 8.26. The standard InChI is InChI=1S/C13H23N3O2/c1-7-8-9(2)16-10(3)11(14-15-16)12(17)18-13(4,5)6/h9H,7-8H2,1-6H3. The summed E-state index contributed by atoms with van der Waals surface area (Å²) >= 11 is 0. The van der Waals surface area contributed by atoms with Crippen LogP contribution < -0.4 is 0 Å². The molecule has 0 aliphatic heterocycles. The van der Waals surface area contributed by atoms with Crippen molar-refractivity contribution in [3.05, 3.63) is 11.4 Å². The second-order valence-electron chi connectivity index (χ2n) is 5.61. The van der Waals surface area contributed by atoms with Gasteiger partial charge in [-0.05, 0) is 41.0 Å². The molecule has 5 nitrogen and oxygen atoms in total. The average Bonchev–Trinajstić information content (AvgIpc) is 2.57. The van der Waals surface area contributed by atoms with E-state index in [9.17, 15) is 4.79 Å². The van der Waals surface area contributed by atoms with E-state index in [1.807, 2.05) is 27.7 Å². The van der Waals surface area contributed by atoms with Crippen LogP contribution >= 0.6 is 0 Å². The van der Waals surface area contributed by atoms with Crippen LogP contribution in [0.2, 0.25) is 0 Å². The number of rotatable bonds is 4. The van der Waals surface area contributed by atoms with Crippen molar-refractivity contribution in [2.45, 2.75) is 66.0 Å². The van der Waals surface area contributed by atoms with Crippen LogP contribution in [0.3, 0.4) is 0 Å². The third-order valence-electron chi connectivity index (χ3n) is 2.64. The van der Waals surface area contributed by atoms with Crippen LogP contribution in [0.25, 0.3) is 0 Å². The van der Waals surface area contributed by atoms with E-state index in [1.165, 1.54) is 0 Å². The minimum absolute atomic E-state index is 0.249. The second-order valence-corrected chi connectivity index (χ2v) is 5.61. The predicted molar refractivity (Wildman–Crippen MR) is 69.5 cm³/mol. The van der Waals surface area contributed by atoms with E-state index in [-0.39, 0.29) is 6.04 Å². The molecule has 1 unspecified atom stereocenters. The van der Waals surface area contributed by atoms with Crippen molar-refractivity contribution in [2.24, 2.45) is 0 Å². The average molecular weight is 253 g/mol. The lowest BCUT2D eigenvalue weighted by molar-refractivity contribution is 0.00619. The van der Waals surface area contributed by atoms with Gasteiger partial charge in [0.15, 0.2) is 5.69 Å². The van der Waals surface area contributed by atoms with Gasteiger partial charge in [0.2, 0.25) is 0 Å². The van der Waals surface area contributed by atoms with E-state index < -0.39 is 11.6 Å². The molecular weight excluding hydrogens is 230 g/mol. The summed E-state index contributed by atoms with van der Waals surface area (Å²) in [6, 6.07) is 0.249. The number of aromatic nitrogens is 3. The maximum atomic E-state index is 11.9. The lowest BCUT2D eigenvalue weighted by Gasteiger charge is -2.18. The lowest BCUT2D eigenvalue weighted by atomic mass is 10.2. The predicted octanol–water partition coefficient (Wildman–Crippen LogP) is 2.90. The van der Waals surface area contributed by atoms with Crippen molar-refractivity contribution in [3.63, 3.8) is 0 Å². The highest BCUT2D eigenvalue weighted by atomic mass is 16.6. The number of ether oxygens (including phenoxy) is 1. The Hall–Kier alpha value is -1.39. The topological polar surface area (TPSA) is 57.0 Å². The van der Waals surface area contributed by atoms with Gasteiger partial charge in [0, 0.05) is 0 Å². The Bertz CT molecular complexity index is 418. The van der Waals surface area contributed by atoms with Gasteiger partial charge in [-0.25, -0.2) is 9.48 Å². The Morgan fingerprint density at radius 1 is 1.44 bits per heavy atom. The summed E-state index contributed by atoms with van der Waals surface area (Å²) in [5.41, 5.74) is 0.570. The molecule has 0 spiro atoms. The lowest BCUT2D eigenvalue weighted by Crippen LogP contribution is -2.24. The molecular formula is C13H23N3O2. The van der Waals surface area contributed by atoms with E-state index in [4.69, 9.17) is 4.74 Å². The molecule has 1 aromatic rings. The normalized spacial score (nSPS) is 13.4. The zero-order valence-electron chi connectivity index (χ0n) is 12.1. The number of carbonyl (C=O) groups excluding carboxylic acids is 1. The molecule has 0 aromatic carbocycles. The van der Waals surface area contributed by atoms with Crippen molar-refractivity contribution in [1.82, 2.24) is 15.0 Å². The fourth-order valence-corrected chi connectivity index (χ4v) is 1.81. The Morgan fingerprint density at radius 3 is 2.56 bits per heavy atom. The Morgan fingerprint density at radius 2 is 2.06 bits per heavy atom. The maximum Gasteiger partial charge on any atom is 0.361 e. The summed E-state index contributed by atoms with van der Waals surface area (Å²) in [6.07, 6.45) is 2.08.